The van der Waals surface area contributed by atoms with Crippen molar-refractivity contribution in [3.8, 4) is 0 Å². The molecule has 16 heavy (non-hydrogen) atoms. The van der Waals surface area contributed by atoms with Crippen molar-refractivity contribution >= 4 is 17.6 Å². The number of hydrogen-bond donors (Lipinski definition) is 3. The molecule has 1 heterocycles. The van der Waals surface area contributed by atoms with E-state index in [1.807, 2.05) is 0 Å². The molecule has 6 nitrogen and oxygen atoms in total. The summed E-state index contributed by atoms with van der Waals surface area (Å²) >= 11 is 0. The standard InChI is InChI=1S/C10H13N3O3/c1-2-7(10(15)16)13-9(14)8-4-3-6(11)5-12-8/h3-5,7H,2,11H2,1H3,(H,13,14)(H,15,16)/t7-/m1/s1. The molecular formula is C10H13N3O3. The topological polar surface area (TPSA) is 105 Å². The van der Waals surface area contributed by atoms with E-state index in [0.717, 1.165) is 0 Å². The first-order valence-electron chi connectivity index (χ1n) is 4.79. The van der Waals surface area contributed by atoms with E-state index in [-0.39, 0.29) is 5.69 Å². The molecule has 6 heteroatoms. The summed E-state index contributed by atoms with van der Waals surface area (Å²) in [5.74, 6) is -1.58. The Kier molecular flexibility index (Phi) is 3.82. The molecule has 1 aromatic heterocycles. The Labute approximate surface area is 92.5 Å². The van der Waals surface area contributed by atoms with Gasteiger partial charge in [-0.05, 0) is 18.6 Å². The first kappa shape index (κ1) is 12.0. The molecule has 0 aliphatic rings. The summed E-state index contributed by atoms with van der Waals surface area (Å²) in [7, 11) is 0. The largest absolute Gasteiger partial charge is 0.480 e. The van der Waals surface area contributed by atoms with Crippen molar-refractivity contribution in [2.75, 3.05) is 5.73 Å². The van der Waals surface area contributed by atoms with Gasteiger partial charge in [0.25, 0.3) is 5.91 Å². The van der Waals surface area contributed by atoms with E-state index >= 15 is 0 Å². The third-order valence-electron chi connectivity index (χ3n) is 2.03. The number of carbonyl (C=O) groups excluding carboxylic acids is 1. The van der Waals surface area contributed by atoms with Crippen LogP contribution < -0.4 is 11.1 Å². The lowest BCUT2D eigenvalue weighted by Gasteiger charge is -2.11. The molecule has 0 unspecified atom stereocenters. The molecule has 0 aliphatic carbocycles. The lowest BCUT2D eigenvalue weighted by molar-refractivity contribution is -0.139. The molecule has 86 valence electrons. The van der Waals surface area contributed by atoms with Gasteiger partial charge >= 0.3 is 5.97 Å². The van der Waals surface area contributed by atoms with Gasteiger partial charge in [0.1, 0.15) is 11.7 Å². The van der Waals surface area contributed by atoms with Gasteiger partial charge in [0.2, 0.25) is 0 Å². The number of nitrogen functional groups attached to an aromatic ring is 1. The highest BCUT2D eigenvalue weighted by Gasteiger charge is 2.18. The van der Waals surface area contributed by atoms with Crippen molar-refractivity contribution in [3.63, 3.8) is 0 Å². The molecule has 0 fully saturated rings. The summed E-state index contributed by atoms with van der Waals surface area (Å²) in [5.41, 5.74) is 6.01. The molecule has 0 radical (unpaired) electrons. The fraction of sp³-hybridized carbons (Fsp3) is 0.300. The summed E-state index contributed by atoms with van der Waals surface area (Å²) in [6, 6.07) is 2.08. The van der Waals surface area contributed by atoms with Gasteiger partial charge in [-0.2, -0.15) is 0 Å². The Morgan fingerprint density at radius 1 is 1.56 bits per heavy atom. The number of aromatic nitrogens is 1. The second kappa shape index (κ2) is 5.11. The quantitative estimate of drug-likeness (QED) is 0.678. The van der Waals surface area contributed by atoms with Crippen LogP contribution >= 0.6 is 0 Å². The minimum Gasteiger partial charge on any atom is -0.480 e. The second-order valence-corrected chi connectivity index (χ2v) is 3.25. The Bertz CT molecular complexity index is 389. The summed E-state index contributed by atoms with van der Waals surface area (Å²) in [4.78, 5) is 26.0. The monoisotopic (exact) mass is 223 g/mol. The average molecular weight is 223 g/mol. The minimum absolute atomic E-state index is 0.147. The smallest absolute Gasteiger partial charge is 0.326 e. The van der Waals surface area contributed by atoms with Gasteiger partial charge in [-0.1, -0.05) is 6.92 Å². The number of carboxylic acids is 1. The molecule has 0 saturated carbocycles. The maximum atomic E-state index is 11.6. The van der Waals surface area contributed by atoms with E-state index in [4.69, 9.17) is 10.8 Å². The van der Waals surface area contributed by atoms with Crippen LogP contribution in [0, 0.1) is 0 Å². The third-order valence-corrected chi connectivity index (χ3v) is 2.03. The predicted molar refractivity (Wildman–Crippen MR) is 57.8 cm³/mol. The van der Waals surface area contributed by atoms with Crippen molar-refractivity contribution in [1.82, 2.24) is 10.3 Å². The molecule has 0 aliphatic heterocycles. The first-order chi connectivity index (χ1) is 7.54. The zero-order valence-corrected chi connectivity index (χ0v) is 8.80. The number of carboxylic acid groups (broad SMARTS) is 1. The summed E-state index contributed by atoms with van der Waals surface area (Å²) in [6.07, 6.45) is 1.66. The Morgan fingerprint density at radius 2 is 2.25 bits per heavy atom. The van der Waals surface area contributed by atoms with Crippen molar-refractivity contribution in [3.05, 3.63) is 24.0 Å². The normalized spacial score (nSPS) is 11.8. The number of pyridine rings is 1. The molecule has 0 aromatic carbocycles. The SMILES string of the molecule is CC[C@@H](NC(=O)c1ccc(N)cn1)C(=O)O. The fourth-order valence-electron chi connectivity index (χ4n) is 1.11. The van der Waals surface area contributed by atoms with E-state index in [2.05, 4.69) is 10.3 Å². The van der Waals surface area contributed by atoms with E-state index in [1.54, 1.807) is 6.92 Å². The van der Waals surface area contributed by atoms with Gasteiger partial charge in [0, 0.05) is 0 Å². The van der Waals surface area contributed by atoms with Crippen LogP contribution in [0.1, 0.15) is 23.8 Å². The van der Waals surface area contributed by atoms with Gasteiger partial charge in [-0.15, -0.1) is 0 Å². The maximum Gasteiger partial charge on any atom is 0.326 e. The number of nitrogens with zero attached hydrogens (tertiary/aromatic N) is 1. The van der Waals surface area contributed by atoms with Crippen molar-refractivity contribution in [2.45, 2.75) is 19.4 Å². The molecule has 0 bridgehead atoms. The lowest BCUT2D eigenvalue weighted by Crippen LogP contribution is -2.40. The molecule has 1 rings (SSSR count). The van der Waals surface area contributed by atoms with Gasteiger partial charge in [0.05, 0.1) is 11.9 Å². The number of nitrogens with two attached hydrogens (primary N) is 1. The Hall–Kier alpha value is -2.11. The Balaban J connectivity index is 2.71. The summed E-state index contributed by atoms with van der Waals surface area (Å²) < 4.78 is 0. The summed E-state index contributed by atoms with van der Waals surface area (Å²) in [6.45, 7) is 1.68. The van der Waals surface area contributed by atoms with Crippen LogP contribution in [0.15, 0.2) is 18.3 Å². The number of anilines is 1. The van der Waals surface area contributed by atoms with Crippen LogP contribution in [0.25, 0.3) is 0 Å². The molecule has 1 atom stereocenters. The Morgan fingerprint density at radius 3 is 2.69 bits per heavy atom. The van der Waals surface area contributed by atoms with E-state index in [9.17, 15) is 9.59 Å². The second-order valence-electron chi connectivity index (χ2n) is 3.25. The number of hydrogen-bond acceptors (Lipinski definition) is 4. The third kappa shape index (κ3) is 2.94. The van der Waals surface area contributed by atoms with E-state index in [0.29, 0.717) is 12.1 Å². The van der Waals surface area contributed by atoms with Crippen LogP contribution in [0.4, 0.5) is 5.69 Å². The van der Waals surface area contributed by atoms with Crippen LogP contribution in [0.5, 0.6) is 0 Å². The number of carbonyl (C=O) groups is 2. The summed E-state index contributed by atoms with van der Waals surface area (Å²) in [5, 5.41) is 11.1. The fourth-order valence-corrected chi connectivity index (χ4v) is 1.11. The minimum atomic E-state index is -1.06. The van der Waals surface area contributed by atoms with Crippen LogP contribution in [-0.2, 0) is 4.79 Å². The average Bonchev–Trinajstić information content (AvgIpc) is 2.26. The van der Waals surface area contributed by atoms with Crippen LogP contribution in [0.3, 0.4) is 0 Å². The van der Waals surface area contributed by atoms with Crippen LogP contribution in [0.2, 0.25) is 0 Å². The molecule has 1 aromatic rings. The lowest BCUT2D eigenvalue weighted by atomic mass is 10.2. The highest BCUT2D eigenvalue weighted by Crippen LogP contribution is 2.02. The number of aliphatic carboxylic acids is 1. The van der Waals surface area contributed by atoms with Gasteiger partial charge in [-0.25, -0.2) is 9.78 Å². The molecule has 0 saturated heterocycles. The molecule has 1 amide bonds. The number of rotatable bonds is 4. The van der Waals surface area contributed by atoms with Crippen molar-refractivity contribution in [2.24, 2.45) is 0 Å². The van der Waals surface area contributed by atoms with E-state index < -0.39 is 17.9 Å². The van der Waals surface area contributed by atoms with E-state index in [1.165, 1.54) is 18.3 Å². The number of amides is 1. The molecular weight excluding hydrogens is 210 g/mol. The molecule has 4 N–H and O–H groups in total. The zero-order chi connectivity index (χ0) is 12.1. The number of nitrogens with one attached hydrogen (secondary N) is 1. The van der Waals surface area contributed by atoms with Gasteiger partial charge in [0.15, 0.2) is 0 Å². The molecule has 0 spiro atoms. The van der Waals surface area contributed by atoms with Gasteiger partial charge < -0.3 is 16.2 Å². The predicted octanol–water partition coefficient (Wildman–Crippen LogP) is 0.257. The van der Waals surface area contributed by atoms with Crippen molar-refractivity contribution in [1.29, 1.82) is 0 Å². The van der Waals surface area contributed by atoms with Gasteiger partial charge in [-0.3, -0.25) is 4.79 Å². The van der Waals surface area contributed by atoms with Crippen molar-refractivity contribution < 1.29 is 14.7 Å². The highest BCUT2D eigenvalue weighted by atomic mass is 16.4. The van der Waals surface area contributed by atoms with Crippen LogP contribution in [-0.4, -0.2) is 28.0 Å². The first-order valence-corrected chi connectivity index (χ1v) is 4.79. The highest BCUT2D eigenvalue weighted by molar-refractivity contribution is 5.95. The zero-order valence-electron chi connectivity index (χ0n) is 8.80. The maximum absolute atomic E-state index is 11.6.